The number of hydrogen-bond acceptors (Lipinski definition) is 5. The SMILES string of the molecule is O=C1CS(=O)(=O)[C@H](c2ccc(Oc3ccccc3)cc2)N1c1ccc(Oc2ccccc2)cc1. The number of nitrogens with zero attached hydrogens (tertiary/aromatic N) is 1. The molecule has 1 heterocycles. The lowest BCUT2D eigenvalue weighted by Gasteiger charge is -2.24. The number of carbonyl (C=O) groups excluding carboxylic acids is 1. The molecule has 4 aromatic rings. The molecule has 1 fully saturated rings. The second kappa shape index (κ2) is 9.03. The molecule has 4 aromatic carbocycles. The summed E-state index contributed by atoms with van der Waals surface area (Å²) >= 11 is 0. The first-order chi connectivity index (χ1) is 16.5. The van der Waals surface area contributed by atoms with Crippen LogP contribution >= 0.6 is 0 Å². The fourth-order valence-electron chi connectivity index (χ4n) is 3.87. The van der Waals surface area contributed by atoms with Crippen LogP contribution in [0.2, 0.25) is 0 Å². The summed E-state index contributed by atoms with van der Waals surface area (Å²) < 4.78 is 37.4. The molecule has 1 atom stereocenters. The Morgan fingerprint density at radius 3 is 1.56 bits per heavy atom. The van der Waals surface area contributed by atoms with Crippen molar-refractivity contribution in [3.63, 3.8) is 0 Å². The molecule has 0 aromatic heterocycles. The number of anilines is 1. The van der Waals surface area contributed by atoms with Crippen molar-refractivity contribution in [3.8, 4) is 23.0 Å². The third-order valence-corrected chi connectivity index (χ3v) is 7.22. The summed E-state index contributed by atoms with van der Waals surface area (Å²) in [4.78, 5) is 14.1. The maximum absolute atomic E-state index is 12.9. The zero-order chi connectivity index (χ0) is 23.5. The molecular formula is C27H21NO5S. The Bertz CT molecular complexity index is 1390. The quantitative estimate of drug-likeness (QED) is 0.359. The molecule has 6 nitrogen and oxygen atoms in total. The highest BCUT2D eigenvalue weighted by Crippen LogP contribution is 2.39. The summed E-state index contributed by atoms with van der Waals surface area (Å²) in [6.07, 6.45) is 0. The standard InChI is InChI=1S/C27H21NO5S/c29-26-19-34(30,31)27(20-11-15-24(16-12-20)32-22-7-3-1-4-8-22)28(26)21-13-17-25(18-14-21)33-23-9-5-2-6-10-23/h1-18,27H,19H2/t27-/m1/s1. The fraction of sp³-hybridized carbons (Fsp3) is 0.0741. The van der Waals surface area contributed by atoms with Gasteiger partial charge in [0, 0.05) is 5.69 Å². The number of benzene rings is 4. The third kappa shape index (κ3) is 4.51. The van der Waals surface area contributed by atoms with Gasteiger partial charge in [0.25, 0.3) is 0 Å². The van der Waals surface area contributed by atoms with Gasteiger partial charge in [0.15, 0.2) is 15.2 Å². The van der Waals surface area contributed by atoms with Crippen LogP contribution in [0, 0.1) is 0 Å². The molecule has 7 heteroatoms. The van der Waals surface area contributed by atoms with E-state index in [1.807, 2.05) is 60.7 Å². The largest absolute Gasteiger partial charge is 0.457 e. The van der Waals surface area contributed by atoms with Crippen molar-refractivity contribution in [3.05, 3.63) is 115 Å². The highest BCUT2D eigenvalue weighted by Gasteiger charge is 2.45. The average Bonchev–Trinajstić information content (AvgIpc) is 3.09. The van der Waals surface area contributed by atoms with E-state index in [1.165, 1.54) is 4.90 Å². The van der Waals surface area contributed by atoms with Gasteiger partial charge in [-0.05, 0) is 66.2 Å². The average molecular weight is 472 g/mol. The Balaban J connectivity index is 1.40. The molecule has 0 N–H and O–H groups in total. The Morgan fingerprint density at radius 2 is 1.06 bits per heavy atom. The zero-order valence-corrected chi connectivity index (χ0v) is 18.9. The summed E-state index contributed by atoms with van der Waals surface area (Å²) in [6.45, 7) is 0. The molecule has 0 aliphatic carbocycles. The predicted molar refractivity (Wildman–Crippen MR) is 130 cm³/mol. The zero-order valence-electron chi connectivity index (χ0n) is 18.1. The van der Waals surface area contributed by atoms with Gasteiger partial charge in [0.1, 0.15) is 28.8 Å². The minimum Gasteiger partial charge on any atom is -0.457 e. The van der Waals surface area contributed by atoms with E-state index in [0.717, 1.165) is 0 Å². The van der Waals surface area contributed by atoms with Crippen LogP contribution in [0.3, 0.4) is 0 Å². The van der Waals surface area contributed by atoms with E-state index in [2.05, 4.69) is 0 Å². The van der Waals surface area contributed by atoms with Gasteiger partial charge < -0.3 is 9.47 Å². The van der Waals surface area contributed by atoms with Crippen LogP contribution in [-0.2, 0) is 14.6 Å². The van der Waals surface area contributed by atoms with E-state index < -0.39 is 26.9 Å². The van der Waals surface area contributed by atoms with Crippen molar-refractivity contribution in [2.24, 2.45) is 0 Å². The molecule has 0 unspecified atom stereocenters. The smallest absolute Gasteiger partial charge is 0.243 e. The Kier molecular flexibility index (Phi) is 5.77. The summed E-state index contributed by atoms with van der Waals surface area (Å²) in [7, 11) is -3.71. The molecule has 0 radical (unpaired) electrons. The van der Waals surface area contributed by atoms with Crippen molar-refractivity contribution >= 4 is 21.4 Å². The molecule has 1 amide bonds. The Morgan fingerprint density at radius 1 is 0.618 bits per heavy atom. The van der Waals surface area contributed by atoms with Crippen LogP contribution in [-0.4, -0.2) is 20.1 Å². The monoisotopic (exact) mass is 471 g/mol. The predicted octanol–water partition coefficient (Wildman–Crippen LogP) is 5.73. The van der Waals surface area contributed by atoms with Gasteiger partial charge >= 0.3 is 0 Å². The Labute approximate surface area is 197 Å². The lowest BCUT2D eigenvalue weighted by Crippen LogP contribution is -2.29. The second-order valence-corrected chi connectivity index (χ2v) is 9.88. The highest BCUT2D eigenvalue weighted by atomic mass is 32.2. The van der Waals surface area contributed by atoms with Crippen molar-refractivity contribution in [1.29, 1.82) is 0 Å². The number of sulfone groups is 1. The van der Waals surface area contributed by atoms with Gasteiger partial charge in [0.05, 0.1) is 0 Å². The van der Waals surface area contributed by atoms with Gasteiger partial charge in [-0.1, -0.05) is 48.5 Å². The van der Waals surface area contributed by atoms with E-state index >= 15 is 0 Å². The first-order valence-electron chi connectivity index (χ1n) is 10.7. The van der Waals surface area contributed by atoms with E-state index in [4.69, 9.17) is 9.47 Å². The lowest BCUT2D eigenvalue weighted by molar-refractivity contribution is -0.115. The maximum Gasteiger partial charge on any atom is 0.243 e. The van der Waals surface area contributed by atoms with Crippen LogP contribution in [0.5, 0.6) is 23.0 Å². The summed E-state index contributed by atoms with van der Waals surface area (Å²) in [5.74, 6) is 1.52. The number of hydrogen-bond donors (Lipinski definition) is 0. The minimum absolute atomic E-state index is 0.466. The molecule has 1 aliphatic heterocycles. The third-order valence-electron chi connectivity index (χ3n) is 5.41. The van der Waals surface area contributed by atoms with E-state index in [-0.39, 0.29) is 0 Å². The van der Waals surface area contributed by atoms with Gasteiger partial charge in [0.2, 0.25) is 5.91 Å². The van der Waals surface area contributed by atoms with Crippen molar-refractivity contribution in [2.45, 2.75) is 5.37 Å². The van der Waals surface area contributed by atoms with Crippen LogP contribution in [0.4, 0.5) is 5.69 Å². The van der Waals surface area contributed by atoms with E-state index in [9.17, 15) is 13.2 Å². The molecule has 0 spiro atoms. The molecular weight excluding hydrogens is 450 g/mol. The first kappa shape index (κ1) is 21.7. The van der Waals surface area contributed by atoms with Crippen LogP contribution in [0.1, 0.15) is 10.9 Å². The van der Waals surface area contributed by atoms with Gasteiger partial charge in [-0.2, -0.15) is 0 Å². The van der Waals surface area contributed by atoms with E-state index in [1.54, 1.807) is 48.5 Å². The van der Waals surface area contributed by atoms with E-state index in [0.29, 0.717) is 34.2 Å². The Hall–Kier alpha value is -4.10. The van der Waals surface area contributed by atoms with Crippen LogP contribution < -0.4 is 14.4 Å². The number of carbonyl (C=O) groups is 1. The topological polar surface area (TPSA) is 72.9 Å². The molecule has 170 valence electrons. The summed E-state index contributed by atoms with van der Waals surface area (Å²) in [5.41, 5.74) is 0.983. The van der Waals surface area contributed by atoms with Crippen molar-refractivity contribution < 1.29 is 22.7 Å². The molecule has 0 bridgehead atoms. The highest BCUT2D eigenvalue weighted by molar-refractivity contribution is 7.93. The number of para-hydroxylation sites is 2. The molecule has 1 aliphatic rings. The number of ether oxygens (including phenoxy) is 2. The van der Waals surface area contributed by atoms with Crippen molar-refractivity contribution in [2.75, 3.05) is 10.7 Å². The summed E-state index contributed by atoms with van der Waals surface area (Å²) in [5, 5.41) is -1.10. The number of amides is 1. The molecule has 5 rings (SSSR count). The lowest BCUT2D eigenvalue weighted by atomic mass is 10.1. The summed E-state index contributed by atoms with van der Waals surface area (Å²) in [6, 6.07) is 32.2. The second-order valence-electron chi connectivity index (χ2n) is 7.82. The van der Waals surface area contributed by atoms with Crippen LogP contribution in [0.15, 0.2) is 109 Å². The minimum atomic E-state index is -3.71. The number of rotatable bonds is 6. The molecule has 34 heavy (non-hydrogen) atoms. The maximum atomic E-state index is 12.9. The van der Waals surface area contributed by atoms with Gasteiger partial charge in [-0.15, -0.1) is 0 Å². The van der Waals surface area contributed by atoms with Crippen LogP contribution in [0.25, 0.3) is 0 Å². The van der Waals surface area contributed by atoms with Gasteiger partial charge in [-0.25, -0.2) is 8.42 Å². The molecule has 1 saturated heterocycles. The fourth-order valence-corrected chi connectivity index (χ4v) is 5.65. The van der Waals surface area contributed by atoms with Crippen molar-refractivity contribution in [1.82, 2.24) is 0 Å². The van der Waals surface area contributed by atoms with Gasteiger partial charge in [-0.3, -0.25) is 9.69 Å². The first-order valence-corrected chi connectivity index (χ1v) is 12.4. The normalized spacial score (nSPS) is 16.9. The molecule has 0 saturated carbocycles.